The van der Waals surface area contributed by atoms with Crippen molar-refractivity contribution in [3.8, 4) is 0 Å². The van der Waals surface area contributed by atoms with Crippen LogP contribution in [0.3, 0.4) is 0 Å². The summed E-state index contributed by atoms with van der Waals surface area (Å²) in [6, 6.07) is 0. The molecule has 1 fully saturated rings. The van der Waals surface area contributed by atoms with Crippen LogP contribution in [0.4, 0.5) is 8.78 Å². The van der Waals surface area contributed by atoms with E-state index >= 15 is 0 Å². The van der Waals surface area contributed by atoms with Crippen molar-refractivity contribution in [1.82, 2.24) is 0 Å². The van der Waals surface area contributed by atoms with E-state index in [9.17, 15) is 18.4 Å². The highest BCUT2D eigenvalue weighted by atomic mass is 19.3. The number of aliphatic imine (C=N–C) groups is 1. The lowest BCUT2D eigenvalue weighted by atomic mass is 9.88. The minimum atomic E-state index is -3.25. The van der Waals surface area contributed by atoms with Crippen LogP contribution in [0.5, 0.6) is 0 Å². The Morgan fingerprint density at radius 1 is 1.48 bits per heavy atom. The number of carbonyl (C=O) groups is 2. The van der Waals surface area contributed by atoms with Gasteiger partial charge in [0, 0.05) is 17.9 Å². The Labute approximate surface area is 121 Å². The molecule has 0 radical (unpaired) electrons. The zero-order valence-corrected chi connectivity index (χ0v) is 12.2. The van der Waals surface area contributed by atoms with Crippen molar-refractivity contribution in [2.75, 3.05) is 6.54 Å². The van der Waals surface area contributed by atoms with Gasteiger partial charge in [-0.2, -0.15) is 8.78 Å². The molecule has 1 aliphatic carbocycles. The zero-order chi connectivity index (χ0) is 16.2. The number of ketones is 1. The van der Waals surface area contributed by atoms with Crippen LogP contribution in [0, 0.1) is 5.92 Å². The Morgan fingerprint density at radius 3 is 2.62 bits per heavy atom. The number of carboxylic acids is 1. The molecule has 1 saturated carbocycles. The first-order valence-electron chi connectivity index (χ1n) is 6.88. The smallest absolute Gasteiger partial charge is 0.352 e. The van der Waals surface area contributed by atoms with Gasteiger partial charge in [0.15, 0.2) is 5.78 Å². The van der Waals surface area contributed by atoms with Gasteiger partial charge in [-0.25, -0.2) is 4.79 Å². The molecule has 0 aromatic rings. The molecule has 5 nitrogen and oxygen atoms in total. The van der Waals surface area contributed by atoms with Crippen LogP contribution in [0.25, 0.3) is 0 Å². The Bertz CT molecular complexity index is 498. The van der Waals surface area contributed by atoms with E-state index in [0.717, 1.165) is 0 Å². The van der Waals surface area contributed by atoms with Gasteiger partial charge in [0.25, 0.3) is 5.92 Å². The molecule has 7 heteroatoms. The number of alkyl halides is 2. The highest BCUT2D eigenvalue weighted by molar-refractivity contribution is 6.10. The highest BCUT2D eigenvalue weighted by Gasteiger charge is 2.42. The van der Waals surface area contributed by atoms with Crippen LogP contribution in [-0.2, 0) is 9.59 Å². The lowest BCUT2D eigenvalue weighted by Gasteiger charge is -2.27. The SMILES string of the molecule is CCC(C)C(=O)CN=C1/C(=C(\N)C(=O)O)CCCC1(F)F. The number of aliphatic carboxylic acids is 1. The van der Waals surface area contributed by atoms with E-state index in [0.29, 0.717) is 6.42 Å². The van der Waals surface area contributed by atoms with Crippen molar-refractivity contribution < 1.29 is 23.5 Å². The summed E-state index contributed by atoms with van der Waals surface area (Å²) in [7, 11) is 0. The number of halogens is 2. The Hall–Kier alpha value is -1.79. The molecule has 1 aliphatic rings. The molecule has 0 bridgehead atoms. The molecule has 0 amide bonds. The Kier molecular flexibility index (Phi) is 5.57. The molecule has 1 rings (SSSR count). The van der Waals surface area contributed by atoms with Crippen LogP contribution in [0.1, 0.15) is 39.5 Å². The predicted octanol–water partition coefficient (Wildman–Crippen LogP) is 2.16. The summed E-state index contributed by atoms with van der Waals surface area (Å²) >= 11 is 0. The quantitative estimate of drug-likeness (QED) is 0.761. The monoisotopic (exact) mass is 302 g/mol. The number of nitrogens with two attached hydrogens (primary N) is 1. The number of carboxylic acid groups (broad SMARTS) is 1. The van der Waals surface area contributed by atoms with Crippen molar-refractivity contribution in [3.05, 3.63) is 11.3 Å². The molecule has 0 heterocycles. The topological polar surface area (TPSA) is 92.8 Å². The third kappa shape index (κ3) is 4.09. The molecule has 0 aromatic carbocycles. The first kappa shape index (κ1) is 17.3. The number of hydrogen-bond donors (Lipinski definition) is 2. The van der Waals surface area contributed by atoms with E-state index < -0.39 is 29.7 Å². The second-order valence-electron chi connectivity index (χ2n) is 5.20. The minimum Gasteiger partial charge on any atom is -0.477 e. The lowest BCUT2D eigenvalue weighted by Crippen LogP contribution is -2.37. The van der Waals surface area contributed by atoms with Gasteiger partial charge in [-0.1, -0.05) is 13.8 Å². The van der Waals surface area contributed by atoms with E-state index in [2.05, 4.69) is 4.99 Å². The second-order valence-corrected chi connectivity index (χ2v) is 5.20. The minimum absolute atomic E-state index is 0.129. The van der Waals surface area contributed by atoms with E-state index in [1.54, 1.807) is 6.92 Å². The molecule has 3 N–H and O–H groups in total. The van der Waals surface area contributed by atoms with E-state index in [1.807, 2.05) is 6.92 Å². The Balaban J connectivity index is 3.13. The normalized spacial score (nSPS) is 23.7. The number of rotatable bonds is 5. The zero-order valence-electron chi connectivity index (χ0n) is 12.2. The molecule has 0 aliphatic heterocycles. The van der Waals surface area contributed by atoms with Crippen molar-refractivity contribution in [1.29, 1.82) is 0 Å². The van der Waals surface area contributed by atoms with Gasteiger partial charge >= 0.3 is 5.97 Å². The maximum Gasteiger partial charge on any atom is 0.352 e. The first-order valence-corrected chi connectivity index (χ1v) is 6.88. The van der Waals surface area contributed by atoms with Crippen molar-refractivity contribution in [2.45, 2.75) is 45.5 Å². The summed E-state index contributed by atoms with van der Waals surface area (Å²) in [6.07, 6.45) is 0.443. The largest absolute Gasteiger partial charge is 0.477 e. The summed E-state index contributed by atoms with van der Waals surface area (Å²) in [5.41, 5.74) is 3.95. The third-order valence-electron chi connectivity index (χ3n) is 3.66. The number of Topliss-reactive ketones (excluding diaryl/α,β-unsaturated/α-hetero) is 1. The Morgan fingerprint density at radius 2 is 2.10 bits per heavy atom. The van der Waals surface area contributed by atoms with Gasteiger partial charge in [-0.05, 0) is 19.3 Å². The average Bonchev–Trinajstić information content (AvgIpc) is 2.42. The van der Waals surface area contributed by atoms with Crippen LogP contribution in [0.2, 0.25) is 0 Å². The number of allylic oxidation sites excluding steroid dienone is 1. The molecule has 1 unspecified atom stereocenters. The first-order chi connectivity index (χ1) is 9.70. The van der Waals surface area contributed by atoms with Gasteiger partial charge in [0.2, 0.25) is 0 Å². The van der Waals surface area contributed by atoms with E-state index in [1.165, 1.54) is 0 Å². The summed E-state index contributed by atoms with van der Waals surface area (Å²) in [6.45, 7) is 3.14. The lowest BCUT2D eigenvalue weighted by molar-refractivity contribution is -0.132. The van der Waals surface area contributed by atoms with Crippen LogP contribution >= 0.6 is 0 Å². The van der Waals surface area contributed by atoms with Gasteiger partial charge in [-0.3, -0.25) is 9.79 Å². The molecule has 118 valence electrons. The van der Waals surface area contributed by atoms with Crippen molar-refractivity contribution in [3.63, 3.8) is 0 Å². The highest BCUT2D eigenvalue weighted by Crippen LogP contribution is 2.35. The van der Waals surface area contributed by atoms with Crippen LogP contribution < -0.4 is 5.73 Å². The molecular formula is C14H20F2N2O3. The number of carbonyl (C=O) groups excluding carboxylic acids is 1. The molecule has 0 aromatic heterocycles. The molecule has 0 saturated heterocycles. The van der Waals surface area contributed by atoms with Crippen LogP contribution in [-0.4, -0.2) is 35.0 Å². The van der Waals surface area contributed by atoms with Gasteiger partial charge in [-0.15, -0.1) is 0 Å². The standard InChI is InChI=1S/C14H20F2N2O3/c1-3-8(2)10(19)7-18-12-9(11(17)13(20)21)5-4-6-14(12,15)16/h8H,3-7,17H2,1-2H3,(H,20,21)/b11-9-,18-12?. The van der Waals surface area contributed by atoms with Crippen molar-refractivity contribution >= 4 is 17.5 Å². The third-order valence-corrected chi connectivity index (χ3v) is 3.66. The summed E-state index contributed by atoms with van der Waals surface area (Å²) in [5, 5.41) is 8.88. The fourth-order valence-electron chi connectivity index (χ4n) is 2.09. The number of nitrogens with zero attached hydrogens (tertiary/aromatic N) is 1. The van der Waals surface area contributed by atoms with Gasteiger partial charge < -0.3 is 10.8 Å². The fourth-order valence-corrected chi connectivity index (χ4v) is 2.09. The predicted molar refractivity (Wildman–Crippen MR) is 74.4 cm³/mol. The second kappa shape index (κ2) is 6.78. The molecular weight excluding hydrogens is 282 g/mol. The van der Waals surface area contributed by atoms with Crippen molar-refractivity contribution in [2.24, 2.45) is 16.6 Å². The summed E-state index contributed by atoms with van der Waals surface area (Å²) in [4.78, 5) is 26.3. The fraction of sp³-hybridized carbons (Fsp3) is 0.643. The number of hydrogen-bond acceptors (Lipinski definition) is 4. The molecule has 1 atom stereocenters. The van der Waals surface area contributed by atoms with E-state index in [4.69, 9.17) is 10.8 Å². The maximum atomic E-state index is 14.0. The van der Waals surface area contributed by atoms with Gasteiger partial charge in [0.05, 0.1) is 6.54 Å². The maximum absolute atomic E-state index is 14.0. The van der Waals surface area contributed by atoms with Gasteiger partial charge in [0.1, 0.15) is 11.4 Å². The summed E-state index contributed by atoms with van der Waals surface area (Å²) < 4.78 is 27.9. The molecule has 0 spiro atoms. The van der Waals surface area contributed by atoms with Crippen LogP contribution in [0.15, 0.2) is 16.3 Å². The average molecular weight is 302 g/mol. The molecule has 21 heavy (non-hydrogen) atoms. The van der Waals surface area contributed by atoms with E-state index in [-0.39, 0.29) is 36.7 Å². The summed E-state index contributed by atoms with van der Waals surface area (Å²) in [5.74, 6) is -5.22.